The maximum absolute atomic E-state index is 13.1. The summed E-state index contributed by atoms with van der Waals surface area (Å²) in [6.45, 7) is 1.01. The number of hydrogen-bond acceptors (Lipinski definition) is 3. The van der Waals surface area contributed by atoms with Crippen LogP contribution in [0.15, 0.2) is 48.5 Å². The number of benzene rings is 2. The van der Waals surface area contributed by atoms with Crippen molar-refractivity contribution < 1.29 is 9.18 Å². The van der Waals surface area contributed by atoms with Crippen molar-refractivity contribution in [1.29, 1.82) is 0 Å². The van der Waals surface area contributed by atoms with Gasteiger partial charge in [-0.2, -0.15) is 0 Å². The summed E-state index contributed by atoms with van der Waals surface area (Å²) in [5.41, 5.74) is 14.6. The molecule has 8 heteroatoms. The molecule has 1 atom stereocenters. The first-order chi connectivity index (χ1) is 12.6. The van der Waals surface area contributed by atoms with Gasteiger partial charge in [-0.25, -0.2) is 4.39 Å². The fraction of sp³-hybridized carbons (Fsp3) is 0.250. The minimum absolute atomic E-state index is 0. The molecule has 28 heavy (non-hydrogen) atoms. The fourth-order valence-electron chi connectivity index (χ4n) is 2.87. The number of carbonyl (C=O) groups is 1. The zero-order valence-corrected chi connectivity index (χ0v) is 16.9. The molecule has 0 saturated heterocycles. The Labute approximate surface area is 175 Å². The Balaban J connectivity index is 0.00000196. The molecule has 0 aliphatic heterocycles. The number of rotatable bonds is 7. The summed E-state index contributed by atoms with van der Waals surface area (Å²) >= 11 is 0. The summed E-state index contributed by atoms with van der Waals surface area (Å²) in [5, 5.41) is 3.78. The number of nitrogens with two attached hydrogens (primary N) is 2. The Morgan fingerprint density at radius 3 is 2.43 bits per heavy atom. The maximum atomic E-state index is 13.1. The molecule has 0 saturated carbocycles. The second kappa shape index (κ2) is 11.0. The SMILES string of the molecule is Cl.Cl.NCCCC(N)CNC(=O)c1cc2ccc(-c3ccc(F)cc3)cc2[nH]1. The molecule has 152 valence electrons. The number of H-pyrrole nitrogens is 1. The van der Waals surface area contributed by atoms with E-state index in [1.54, 1.807) is 12.1 Å². The van der Waals surface area contributed by atoms with Crippen molar-refractivity contribution in [2.75, 3.05) is 13.1 Å². The van der Waals surface area contributed by atoms with E-state index in [4.69, 9.17) is 11.5 Å². The van der Waals surface area contributed by atoms with Crippen molar-refractivity contribution in [1.82, 2.24) is 10.3 Å². The highest BCUT2D eigenvalue weighted by Gasteiger charge is 2.11. The number of aromatic nitrogens is 1. The minimum atomic E-state index is -0.265. The molecule has 1 heterocycles. The Morgan fingerprint density at radius 1 is 1.07 bits per heavy atom. The van der Waals surface area contributed by atoms with Gasteiger partial charge >= 0.3 is 0 Å². The number of aromatic amines is 1. The number of halogens is 3. The summed E-state index contributed by atoms with van der Waals surface area (Å²) in [7, 11) is 0. The van der Waals surface area contributed by atoms with E-state index >= 15 is 0 Å². The van der Waals surface area contributed by atoms with Gasteiger partial charge in [-0.1, -0.05) is 24.3 Å². The smallest absolute Gasteiger partial charge is 0.267 e. The van der Waals surface area contributed by atoms with E-state index in [1.807, 2.05) is 24.3 Å². The minimum Gasteiger partial charge on any atom is -0.351 e. The van der Waals surface area contributed by atoms with E-state index in [1.165, 1.54) is 12.1 Å². The quantitative estimate of drug-likeness (QED) is 0.464. The van der Waals surface area contributed by atoms with Crippen LogP contribution in [0, 0.1) is 5.82 Å². The first kappa shape index (κ1) is 23.9. The lowest BCUT2D eigenvalue weighted by atomic mass is 10.0. The van der Waals surface area contributed by atoms with E-state index < -0.39 is 0 Å². The van der Waals surface area contributed by atoms with Gasteiger partial charge in [0.1, 0.15) is 11.5 Å². The molecular formula is C20H25Cl2FN4O. The van der Waals surface area contributed by atoms with Crippen molar-refractivity contribution in [2.45, 2.75) is 18.9 Å². The van der Waals surface area contributed by atoms with Gasteiger partial charge in [0.05, 0.1) is 0 Å². The highest BCUT2D eigenvalue weighted by atomic mass is 35.5. The molecule has 5 nitrogen and oxygen atoms in total. The third-order valence-electron chi connectivity index (χ3n) is 4.35. The predicted octanol–water partition coefficient (Wildman–Crippen LogP) is 3.61. The van der Waals surface area contributed by atoms with Gasteiger partial charge in [-0.05, 0) is 54.8 Å². The Bertz CT molecular complexity index is 899. The molecule has 3 aromatic rings. The first-order valence-electron chi connectivity index (χ1n) is 8.69. The van der Waals surface area contributed by atoms with Crippen LogP contribution < -0.4 is 16.8 Å². The van der Waals surface area contributed by atoms with Gasteiger partial charge in [0.15, 0.2) is 0 Å². The van der Waals surface area contributed by atoms with Gasteiger partial charge in [-0.15, -0.1) is 24.8 Å². The van der Waals surface area contributed by atoms with Crippen LogP contribution in [0.4, 0.5) is 4.39 Å². The molecule has 6 N–H and O–H groups in total. The topological polar surface area (TPSA) is 96.9 Å². The normalized spacial score (nSPS) is 11.4. The number of fused-ring (bicyclic) bond motifs is 1. The van der Waals surface area contributed by atoms with Crippen LogP contribution in [0.3, 0.4) is 0 Å². The van der Waals surface area contributed by atoms with E-state index in [2.05, 4.69) is 10.3 Å². The lowest BCUT2D eigenvalue weighted by molar-refractivity contribution is 0.0946. The Morgan fingerprint density at radius 2 is 1.75 bits per heavy atom. The standard InChI is InChI=1S/C20H23FN4O.2ClH/c21-16-7-5-13(6-8-16)14-3-4-15-11-19(25-18(15)10-14)20(26)24-12-17(23)2-1-9-22;;/h3-8,10-11,17,25H,1-2,9,12,22-23H2,(H,24,26);2*1H. The number of amides is 1. The Hall–Kier alpha value is -2.12. The van der Waals surface area contributed by atoms with Gasteiger partial charge in [-0.3, -0.25) is 4.79 Å². The number of hydrogen-bond donors (Lipinski definition) is 4. The zero-order valence-electron chi connectivity index (χ0n) is 15.3. The lowest BCUT2D eigenvalue weighted by Gasteiger charge is -2.11. The van der Waals surface area contributed by atoms with Crippen molar-refractivity contribution in [3.05, 3.63) is 60.0 Å². The summed E-state index contributed by atoms with van der Waals surface area (Å²) in [6, 6.07) is 13.9. The summed E-state index contributed by atoms with van der Waals surface area (Å²) < 4.78 is 13.1. The van der Waals surface area contributed by atoms with E-state index in [9.17, 15) is 9.18 Å². The third kappa shape index (κ3) is 5.94. The van der Waals surface area contributed by atoms with Crippen LogP contribution in [0.5, 0.6) is 0 Å². The second-order valence-electron chi connectivity index (χ2n) is 6.39. The molecule has 1 aromatic heterocycles. The average Bonchev–Trinajstić information content (AvgIpc) is 3.08. The molecule has 0 aliphatic carbocycles. The first-order valence-corrected chi connectivity index (χ1v) is 8.69. The molecular weight excluding hydrogens is 402 g/mol. The monoisotopic (exact) mass is 426 g/mol. The van der Waals surface area contributed by atoms with Crippen LogP contribution in [-0.4, -0.2) is 30.0 Å². The summed E-state index contributed by atoms with van der Waals surface area (Å²) in [4.78, 5) is 15.5. The molecule has 0 spiro atoms. The summed E-state index contributed by atoms with van der Waals surface area (Å²) in [5.74, 6) is -0.453. The van der Waals surface area contributed by atoms with E-state index in [0.717, 1.165) is 34.9 Å². The van der Waals surface area contributed by atoms with E-state index in [-0.39, 0.29) is 42.6 Å². The highest BCUT2D eigenvalue weighted by molar-refractivity contribution is 5.98. The van der Waals surface area contributed by atoms with Gasteiger partial charge in [0, 0.05) is 23.5 Å². The molecule has 1 unspecified atom stereocenters. The van der Waals surface area contributed by atoms with Gasteiger partial charge in [0.25, 0.3) is 5.91 Å². The van der Waals surface area contributed by atoms with Crippen LogP contribution in [0.1, 0.15) is 23.3 Å². The average molecular weight is 427 g/mol. The Kier molecular flexibility index (Phi) is 9.41. The van der Waals surface area contributed by atoms with Crippen LogP contribution in [0.25, 0.3) is 22.0 Å². The predicted molar refractivity (Wildman–Crippen MR) is 117 cm³/mol. The lowest BCUT2D eigenvalue weighted by Crippen LogP contribution is -2.37. The molecule has 3 rings (SSSR count). The van der Waals surface area contributed by atoms with Gasteiger partial charge < -0.3 is 21.8 Å². The maximum Gasteiger partial charge on any atom is 0.267 e. The molecule has 0 radical (unpaired) electrons. The van der Waals surface area contributed by atoms with Crippen LogP contribution in [-0.2, 0) is 0 Å². The highest BCUT2D eigenvalue weighted by Crippen LogP contribution is 2.25. The third-order valence-corrected chi connectivity index (χ3v) is 4.35. The zero-order chi connectivity index (χ0) is 18.5. The molecule has 0 bridgehead atoms. The summed E-state index contributed by atoms with van der Waals surface area (Å²) in [6.07, 6.45) is 1.63. The van der Waals surface area contributed by atoms with Crippen molar-refractivity contribution in [2.24, 2.45) is 11.5 Å². The van der Waals surface area contributed by atoms with Crippen LogP contribution >= 0.6 is 24.8 Å². The molecule has 1 amide bonds. The van der Waals surface area contributed by atoms with Crippen molar-refractivity contribution >= 4 is 41.6 Å². The van der Waals surface area contributed by atoms with E-state index in [0.29, 0.717) is 18.8 Å². The van der Waals surface area contributed by atoms with Gasteiger partial charge in [0.2, 0.25) is 0 Å². The molecule has 0 aliphatic rings. The largest absolute Gasteiger partial charge is 0.351 e. The van der Waals surface area contributed by atoms with Crippen molar-refractivity contribution in [3.63, 3.8) is 0 Å². The molecule has 2 aromatic carbocycles. The van der Waals surface area contributed by atoms with Crippen LogP contribution in [0.2, 0.25) is 0 Å². The van der Waals surface area contributed by atoms with Crippen molar-refractivity contribution in [3.8, 4) is 11.1 Å². The molecule has 0 fully saturated rings. The number of nitrogens with one attached hydrogen (secondary N) is 2. The second-order valence-corrected chi connectivity index (χ2v) is 6.39. The number of carbonyl (C=O) groups excluding carboxylic acids is 1. The fourth-order valence-corrected chi connectivity index (χ4v) is 2.87.